The van der Waals surface area contributed by atoms with Gasteiger partial charge in [-0.15, -0.1) is 0 Å². The molecule has 0 aliphatic carbocycles. The first-order valence-corrected chi connectivity index (χ1v) is 8.10. The van der Waals surface area contributed by atoms with Gasteiger partial charge < -0.3 is 9.47 Å². The molecular formula is C12H19ClN2O4S. The molecule has 1 rings (SSSR count). The van der Waals surface area contributed by atoms with Crippen LogP contribution in [0.1, 0.15) is 12.8 Å². The fourth-order valence-electron chi connectivity index (χ4n) is 1.38. The van der Waals surface area contributed by atoms with Gasteiger partial charge in [-0.25, -0.2) is 18.1 Å². The summed E-state index contributed by atoms with van der Waals surface area (Å²) in [5.41, 5.74) is 0. The Balaban J connectivity index is 2.22. The van der Waals surface area contributed by atoms with Crippen LogP contribution in [0, 0.1) is 0 Å². The number of sulfonamides is 1. The van der Waals surface area contributed by atoms with E-state index < -0.39 is 10.0 Å². The van der Waals surface area contributed by atoms with Gasteiger partial charge in [0.1, 0.15) is 10.0 Å². The van der Waals surface area contributed by atoms with Gasteiger partial charge in [-0.1, -0.05) is 11.6 Å². The molecule has 0 saturated carbocycles. The molecule has 0 saturated heterocycles. The smallest absolute Gasteiger partial charge is 0.242 e. The zero-order chi connectivity index (χ0) is 14.8. The van der Waals surface area contributed by atoms with E-state index in [0.29, 0.717) is 32.8 Å². The van der Waals surface area contributed by atoms with Gasteiger partial charge in [-0.05, 0) is 25.0 Å². The minimum Gasteiger partial charge on any atom is -0.382 e. The second-order valence-corrected chi connectivity index (χ2v) is 6.18. The number of halogens is 1. The maximum Gasteiger partial charge on any atom is 0.242 e. The quantitative estimate of drug-likeness (QED) is 0.521. The van der Waals surface area contributed by atoms with Gasteiger partial charge in [0.25, 0.3) is 0 Å². The van der Waals surface area contributed by atoms with Crippen LogP contribution in [0.15, 0.2) is 23.2 Å². The lowest BCUT2D eigenvalue weighted by molar-refractivity contribution is 0.0689. The normalized spacial score (nSPS) is 11.7. The van der Waals surface area contributed by atoms with Gasteiger partial charge in [0.2, 0.25) is 10.0 Å². The maximum atomic E-state index is 11.9. The van der Waals surface area contributed by atoms with Gasteiger partial charge >= 0.3 is 0 Å². The molecular weight excluding hydrogens is 304 g/mol. The molecule has 0 aliphatic rings. The van der Waals surface area contributed by atoms with Crippen LogP contribution < -0.4 is 4.72 Å². The highest BCUT2D eigenvalue weighted by atomic mass is 35.5. The van der Waals surface area contributed by atoms with Gasteiger partial charge in [0, 0.05) is 26.5 Å². The third kappa shape index (κ3) is 6.62. The summed E-state index contributed by atoms with van der Waals surface area (Å²) < 4.78 is 36.4. The van der Waals surface area contributed by atoms with E-state index in [9.17, 15) is 8.42 Å². The monoisotopic (exact) mass is 322 g/mol. The van der Waals surface area contributed by atoms with E-state index in [-0.39, 0.29) is 10.0 Å². The Kier molecular flexibility index (Phi) is 8.01. The van der Waals surface area contributed by atoms with E-state index in [1.807, 2.05) is 0 Å². The summed E-state index contributed by atoms with van der Waals surface area (Å²) in [7, 11) is -1.90. The standard InChI is InChI=1S/C12H19ClN2O4S/c1-18-8-9-19-7-3-2-6-15-20(16,17)11-4-5-12(13)14-10-11/h4-5,10,15H,2-3,6-9H2,1H3. The van der Waals surface area contributed by atoms with Gasteiger partial charge in [0.15, 0.2) is 0 Å². The first kappa shape index (κ1) is 17.3. The van der Waals surface area contributed by atoms with Crippen molar-refractivity contribution in [2.45, 2.75) is 17.7 Å². The van der Waals surface area contributed by atoms with Gasteiger partial charge in [-0.3, -0.25) is 0 Å². The van der Waals surface area contributed by atoms with Crippen LogP contribution in [-0.2, 0) is 19.5 Å². The molecule has 1 aromatic rings. The van der Waals surface area contributed by atoms with Gasteiger partial charge in [0.05, 0.1) is 13.2 Å². The fraction of sp³-hybridized carbons (Fsp3) is 0.583. The number of hydrogen-bond donors (Lipinski definition) is 1. The van der Waals surface area contributed by atoms with Crippen molar-refractivity contribution in [1.82, 2.24) is 9.71 Å². The summed E-state index contributed by atoms with van der Waals surface area (Å²) in [6, 6.07) is 2.87. The molecule has 0 fully saturated rings. The average molecular weight is 323 g/mol. The maximum absolute atomic E-state index is 11.9. The Morgan fingerprint density at radius 1 is 1.25 bits per heavy atom. The Labute approximate surface area is 124 Å². The summed E-state index contributed by atoms with van der Waals surface area (Å²) in [6.07, 6.45) is 2.72. The molecule has 0 aliphatic heterocycles. The molecule has 0 spiro atoms. The first-order valence-electron chi connectivity index (χ1n) is 6.24. The summed E-state index contributed by atoms with van der Waals surface area (Å²) in [6.45, 7) is 2.07. The number of aromatic nitrogens is 1. The Hall–Kier alpha value is -0.730. The lowest BCUT2D eigenvalue weighted by Gasteiger charge is -2.07. The van der Waals surface area contributed by atoms with Crippen molar-refractivity contribution in [3.63, 3.8) is 0 Å². The van der Waals surface area contributed by atoms with Crippen LogP contribution >= 0.6 is 11.6 Å². The zero-order valence-corrected chi connectivity index (χ0v) is 12.9. The molecule has 1 aromatic heterocycles. The molecule has 8 heteroatoms. The summed E-state index contributed by atoms with van der Waals surface area (Å²) in [5, 5.41) is 0.261. The molecule has 20 heavy (non-hydrogen) atoms. The summed E-state index contributed by atoms with van der Waals surface area (Å²) in [4.78, 5) is 3.86. The zero-order valence-electron chi connectivity index (χ0n) is 11.3. The fourth-order valence-corrected chi connectivity index (χ4v) is 2.51. The highest BCUT2D eigenvalue weighted by Crippen LogP contribution is 2.10. The molecule has 0 aromatic carbocycles. The predicted molar refractivity (Wildman–Crippen MR) is 76.4 cm³/mol. The number of nitrogens with one attached hydrogen (secondary N) is 1. The Morgan fingerprint density at radius 3 is 2.70 bits per heavy atom. The number of pyridine rings is 1. The molecule has 0 bridgehead atoms. The highest BCUT2D eigenvalue weighted by molar-refractivity contribution is 7.89. The summed E-state index contributed by atoms with van der Waals surface area (Å²) in [5.74, 6) is 0. The molecule has 0 amide bonds. The van der Waals surface area contributed by atoms with E-state index >= 15 is 0 Å². The summed E-state index contributed by atoms with van der Waals surface area (Å²) >= 11 is 5.61. The first-order chi connectivity index (χ1) is 9.56. The second kappa shape index (κ2) is 9.25. The number of hydrogen-bond acceptors (Lipinski definition) is 5. The second-order valence-electron chi connectivity index (χ2n) is 4.03. The molecule has 1 N–H and O–H groups in total. The van der Waals surface area contributed by atoms with E-state index in [4.69, 9.17) is 21.1 Å². The predicted octanol–water partition coefficient (Wildman–Crippen LogP) is 1.46. The van der Waals surface area contributed by atoms with Crippen LogP contribution in [0.5, 0.6) is 0 Å². The number of nitrogens with zero attached hydrogens (tertiary/aromatic N) is 1. The van der Waals surface area contributed by atoms with Crippen molar-refractivity contribution >= 4 is 21.6 Å². The molecule has 1 heterocycles. The topological polar surface area (TPSA) is 77.5 Å². The van der Waals surface area contributed by atoms with Gasteiger partial charge in [-0.2, -0.15) is 0 Å². The molecule has 0 unspecified atom stereocenters. The third-order valence-electron chi connectivity index (χ3n) is 2.45. The van der Waals surface area contributed by atoms with Crippen molar-refractivity contribution in [2.75, 3.05) is 33.5 Å². The van der Waals surface area contributed by atoms with Crippen molar-refractivity contribution in [1.29, 1.82) is 0 Å². The van der Waals surface area contributed by atoms with Crippen molar-refractivity contribution in [3.05, 3.63) is 23.5 Å². The lowest BCUT2D eigenvalue weighted by atomic mass is 10.3. The van der Waals surface area contributed by atoms with Crippen LogP contribution in [-0.4, -0.2) is 46.9 Å². The lowest BCUT2D eigenvalue weighted by Crippen LogP contribution is -2.25. The number of rotatable bonds is 10. The molecule has 114 valence electrons. The van der Waals surface area contributed by atoms with Crippen molar-refractivity contribution in [2.24, 2.45) is 0 Å². The Bertz CT molecular complexity index is 479. The average Bonchev–Trinajstić information content (AvgIpc) is 2.42. The van der Waals surface area contributed by atoms with Crippen molar-refractivity contribution in [3.8, 4) is 0 Å². The van der Waals surface area contributed by atoms with Crippen LogP contribution in [0.3, 0.4) is 0 Å². The number of methoxy groups -OCH3 is 1. The SMILES string of the molecule is COCCOCCCCNS(=O)(=O)c1ccc(Cl)nc1. The van der Waals surface area contributed by atoms with Crippen LogP contribution in [0.25, 0.3) is 0 Å². The largest absolute Gasteiger partial charge is 0.382 e. The number of ether oxygens (including phenoxy) is 2. The van der Waals surface area contributed by atoms with E-state index in [0.717, 1.165) is 6.42 Å². The third-order valence-corrected chi connectivity index (χ3v) is 4.12. The number of unbranched alkanes of at least 4 members (excludes halogenated alkanes) is 1. The minimum absolute atomic E-state index is 0.109. The molecule has 0 atom stereocenters. The highest BCUT2D eigenvalue weighted by Gasteiger charge is 2.13. The minimum atomic E-state index is -3.51. The van der Waals surface area contributed by atoms with Crippen molar-refractivity contribution < 1.29 is 17.9 Å². The van der Waals surface area contributed by atoms with Crippen LogP contribution in [0.4, 0.5) is 0 Å². The van der Waals surface area contributed by atoms with E-state index in [1.165, 1.54) is 18.3 Å². The van der Waals surface area contributed by atoms with E-state index in [1.54, 1.807) is 7.11 Å². The molecule has 0 radical (unpaired) electrons. The Morgan fingerprint density at radius 2 is 2.05 bits per heavy atom. The van der Waals surface area contributed by atoms with E-state index in [2.05, 4.69) is 9.71 Å². The molecule has 6 nitrogen and oxygen atoms in total. The van der Waals surface area contributed by atoms with Crippen LogP contribution in [0.2, 0.25) is 5.15 Å².